The van der Waals surface area contributed by atoms with Crippen molar-refractivity contribution in [2.45, 2.75) is 37.8 Å². The molecule has 5 aromatic carbocycles. The summed E-state index contributed by atoms with van der Waals surface area (Å²) in [5.41, 5.74) is 14.0. The Morgan fingerprint density at radius 3 is 1.51 bits per heavy atom. The highest BCUT2D eigenvalue weighted by Gasteiger charge is 2.41. The zero-order chi connectivity index (χ0) is 54.0. The first-order chi connectivity index (χ1) is 38.6. The maximum Gasteiger partial charge on any atom is 0.306 e. The summed E-state index contributed by atoms with van der Waals surface area (Å²) in [5, 5.41) is 34.1. The van der Waals surface area contributed by atoms with Crippen molar-refractivity contribution in [3.8, 4) is 33.5 Å². The maximum atomic E-state index is 11.6. The highest BCUT2D eigenvalue weighted by molar-refractivity contribution is 6.16. The number of carboxylic acids is 2. The van der Waals surface area contributed by atoms with E-state index in [1.54, 1.807) is 4.68 Å². The van der Waals surface area contributed by atoms with Gasteiger partial charge in [-0.05, 0) is 102 Å². The molecule has 0 bridgehead atoms. The van der Waals surface area contributed by atoms with Crippen LogP contribution in [0.1, 0.15) is 59.1 Å². The highest BCUT2D eigenvalue weighted by atomic mass is 16.4. The summed E-state index contributed by atoms with van der Waals surface area (Å²) in [5.74, 6) is -0.267. The van der Waals surface area contributed by atoms with Crippen LogP contribution in [0.15, 0.2) is 194 Å². The molecule has 5 aromatic heterocycles. The van der Waals surface area contributed by atoms with Crippen LogP contribution in [0.4, 0.5) is 11.6 Å². The molecular formula is C64H59N11O4. The Bertz CT molecular complexity index is 3760. The van der Waals surface area contributed by atoms with Gasteiger partial charge in [-0.1, -0.05) is 109 Å². The molecule has 0 amide bonds. The minimum absolute atomic E-state index is 0.249. The van der Waals surface area contributed by atoms with E-state index in [0.717, 1.165) is 89.6 Å². The number of aryl methyl sites for hydroxylation is 2. The first-order valence-corrected chi connectivity index (χ1v) is 26.8. The number of carbonyl (C=O) groups is 2. The van der Waals surface area contributed by atoms with Gasteiger partial charge in [-0.2, -0.15) is 15.3 Å². The minimum atomic E-state index is -0.801. The molecule has 10 aromatic rings. The predicted octanol–water partition coefficient (Wildman–Crippen LogP) is 10.8. The third-order valence-electron chi connectivity index (χ3n) is 15.8. The zero-order valence-corrected chi connectivity index (χ0v) is 44.0. The number of rotatable bonds is 12. The molecule has 15 nitrogen and oxygen atoms in total. The number of benzene rings is 5. The molecule has 3 aliphatic heterocycles. The van der Waals surface area contributed by atoms with E-state index >= 15 is 0 Å². The molecule has 2 fully saturated rings. The summed E-state index contributed by atoms with van der Waals surface area (Å²) < 4.78 is 5.82. The van der Waals surface area contributed by atoms with Crippen molar-refractivity contribution in [3.05, 3.63) is 222 Å². The number of aliphatic imine (C=N–C) groups is 1. The third kappa shape index (κ3) is 9.84. The van der Waals surface area contributed by atoms with Gasteiger partial charge in [0.05, 0.1) is 42.0 Å². The monoisotopic (exact) mass is 1050 g/mol. The van der Waals surface area contributed by atoms with E-state index in [9.17, 15) is 19.8 Å². The van der Waals surface area contributed by atoms with E-state index in [1.807, 2.05) is 68.1 Å². The fraction of sp³-hybridized carbons (Fsp3) is 0.219. The first kappa shape index (κ1) is 50.3. The Hall–Kier alpha value is -9.50. The van der Waals surface area contributed by atoms with E-state index in [1.165, 1.54) is 5.56 Å². The zero-order valence-electron chi connectivity index (χ0n) is 44.0. The lowest BCUT2D eigenvalue weighted by Crippen LogP contribution is -2.38. The summed E-state index contributed by atoms with van der Waals surface area (Å²) in [6.45, 7) is 3.39. The topological polar surface area (TPSA) is 173 Å². The predicted molar refractivity (Wildman–Crippen MR) is 307 cm³/mol. The standard InChI is InChI=1S/C41H36N6O2.C23H23N5O2/c1-45-28-32(27-43-45)30-17-18-37-36(25-30)39(31-19-22-42-38(26-31)46-23-20-29(21-24-46)40(48)49)44-47(37)41(33-11-5-2-6-12-33,34-13-7-3-8-14-34)35-15-9-4-10-16-35;1-27-14-19(13-26-27)16-2-3-18-12-25-22(20(18)10-16)17-4-7-24-21(11-17)28-8-5-15(6-9-28)23(29)30/h2-19,22,25-29H,20-21,23-24H2,1H3,(H,48,49);2-4,7,10-11,13-15H,5-6,8-9,12H2,1H3,(H,29,30). The molecule has 0 saturated carbocycles. The third-order valence-corrected chi connectivity index (χ3v) is 15.8. The molecule has 0 unspecified atom stereocenters. The van der Waals surface area contributed by atoms with Crippen molar-refractivity contribution in [2.24, 2.45) is 30.9 Å². The molecule has 2 N–H and O–H groups in total. The molecular weight excluding hydrogens is 987 g/mol. The maximum absolute atomic E-state index is 11.6. The summed E-state index contributed by atoms with van der Waals surface area (Å²) in [6.07, 6.45) is 14.0. The van der Waals surface area contributed by atoms with Gasteiger partial charge in [-0.3, -0.25) is 23.9 Å². The number of pyridine rings is 2. The molecule has 13 rings (SSSR count). The van der Waals surface area contributed by atoms with Crippen molar-refractivity contribution in [1.29, 1.82) is 0 Å². The van der Waals surface area contributed by atoms with Crippen molar-refractivity contribution in [3.63, 3.8) is 0 Å². The number of piperidine rings is 2. The molecule has 79 heavy (non-hydrogen) atoms. The SMILES string of the molecule is Cn1cc(-c2ccc3c(c2)C(c2ccnc(N4CCC(C(=O)O)CC4)c2)=NC3)cn1.Cn1cc(-c2ccc3c(c2)c(-c2ccnc(N4CCC(C(=O)O)CC4)c2)nn3C(c2ccccc2)(c2ccccc2)c2ccccc2)cn1. The van der Waals surface area contributed by atoms with Crippen molar-refractivity contribution >= 4 is 40.2 Å². The van der Waals surface area contributed by atoms with E-state index < -0.39 is 17.5 Å². The average Bonchev–Trinajstić information content (AvgIpc) is 4.51. The fourth-order valence-corrected chi connectivity index (χ4v) is 11.6. The van der Waals surface area contributed by atoms with Crippen LogP contribution in [-0.2, 0) is 35.8 Å². The summed E-state index contributed by atoms with van der Waals surface area (Å²) in [7, 11) is 3.85. The Balaban J connectivity index is 0.000000177. The van der Waals surface area contributed by atoms with Crippen LogP contribution in [0.5, 0.6) is 0 Å². The average molecular weight is 1050 g/mol. The van der Waals surface area contributed by atoms with Crippen LogP contribution in [0, 0.1) is 11.8 Å². The summed E-state index contributed by atoms with van der Waals surface area (Å²) >= 11 is 0. The fourth-order valence-electron chi connectivity index (χ4n) is 11.6. The number of hydrogen-bond acceptors (Lipinski definition) is 10. The van der Waals surface area contributed by atoms with E-state index in [4.69, 9.17) is 15.1 Å². The van der Waals surface area contributed by atoms with Gasteiger partial charge in [0.2, 0.25) is 0 Å². The second-order valence-electron chi connectivity index (χ2n) is 20.6. The Morgan fingerprint density at radius 2 is 1.01 bits per heavy atom. The quantitative estimate of drug-likeness (QED) is 0.112. The van der Waals surface area contributed by atoms with Gasteiger partial charge in [0, 0.05) is 98.3 Å². The lowest BCUT2D eigenvalue weighted by atomic mass is 9.77. The number of nitrogens with zero attached hydrogens (tertiary/aromatic N) is 11. The van der Waals surface area contributed by atoms with Crippen LogP contribution in [-0.4, -0.2) is 93.4 Å². The number of fused-ring (bicyclic) bond motifs is 2. The normalized spacial score (nSPS) is 14.9. The van der Waals surface area contributed by atoms with E-state index in [-0.39, 0.29) is 11.8 Å². The lowest BCUT2D eigenvalue weighted by Gasteiger charge is -2.37. The van der Waals surface area contributed by atoms with Crippen LogP contribution < -0.4 is 9.80 Å². The summed E-state index contributed by atoms with van der Waals surface area (Å²) in [4.78, 5) is 41.3. The molecule has 0 atom stereocenters. The Kier molecular flexibility index (Phi) is 13.7. The van der Waals surface area contributed by atoms with Gasteiger partial charge in [0.15, 0.2) is 0 Å². The van der Waals surface area contributed by atoms with Crippen LogP contribution in [0.3, 0.4) is 0 Å². The summed E-state index contributed by atoms with van der Waals surface area (Å²) in [6, 6.07) is 53.0. The highest BCUT2D eigenvalue weighted by Crippen LogP contribution is 2.45. The van der Waals surface area contributed by atoms with Crippen molar-refractivity contribution < 1.29 is 19.8 Å². The largest absolute Gasteiger partial charge is 0.481 e. The lowest BCUT2D eigenvalue weighted by molar-refractivity contribution is -0.143. The molecule has 8 heterocycles. The Labute approximate surface area is 457 Å². The number of carboxylic acid groups (broad SMARTS) is 2. The first-order valence-electron chi connectivity index (χ1n) is 26.8. The van der Waals surface area contributed by atoms with Crippen molar-refractivity contribution in [2.75, 3.05) is 36.0 Å². The smallest absolute Gasteiger partial charge is 0.306 e. The van der Waals surface area contributed by atoms with E-state index in [2.05, 4.69) is 169 Å². The number of aromatic nitrogens is 8. The number of hydrogen-bond donors (Lipinski definition) is 2. The second kappa shape index (κ2) is 21.5. The van der Waals surface area contributed by atoms with Gasteiger partial charge in [-0.15, -0.1) is 0 Å². The molecule has 0 radical (unpaired) electrons. The molecule has 3 aliphatic rings. The van der Waals surface area contributed by atoms with Crippen LogP contribution in [0.2, 0.25) is 0 Å². The molecule has 0 aliphatic carbocycles. The van der Waals surface area contributed by atoms with Gasteiger partial charge in [-0.25, -0.2) is 14.6 Å². The number of anilines is 2. The van der Waals surface area contributed by atoms with E-state index in [0.29, 0.717) is 58.4 Å². The van der Waals surface area contributed by atoms with Gasteiger partial charge < -0.3 is 20.0 Å². The second-order valence-corrected chi connectivity index (χ2v) is 20.6. The molecule has 2 saturated heterocycles. The minimum Gasteiger partial charge on any atom is -0.481 e. The van der Waals surface area contributed by atoms with Crippen LogP contribution in [0.25, 0.3) is 44.4 Å². The van der Waals surface area contributed by atoms with Crippen LogP contribution >= 0.6 is 0 Å². The van der Waals surface area contributed by atoms with Gasteiger partial charge in [0.25, 0.3) is 0 Å². The van der Waals surface area contributed by atoms with Crippen molar-refractivity contribution in [1.82, 2.24) is 39.3 Å². The molecule has 394 valence electrons. The van der Waals surface area contributed by atoms with Gasteiger partial charge >= 0.3 is 11.9 Å². The Morgan fingerprint density at radius 1 is 0.532 bits per heavy atom. The van der Waals surface area contributed by atoms with Gasteiger partial charge in [0.1, 0.15) is 22.9 Å². The number of aliphatic carboxylic acids is 2. The molecule has 15 heteroatoms. The molecule has 0 spiro atoms.